The zero-order chi connectivity index (χ0) is 106. The third-order valence-corrected chi connectivity index (χ3v) is 22.1. The maximum Gasteiger partial charge on any atom is 0.135 e. The summed E-state index contributed by atoms with van der Waals surface area (Å²) in [6.45, 7) is 72.9. The van der Waals surface area contributed by atoms with E-state index < -0.39 is 0 Å². The predicted octanol–water partition coefficient (Wildman–Crippen LogP) is 44.6. The van der Waals surface area contributed by atoms with Gasteiger partial charge < -0.3 is 28.9 Å². The molecular weight excluding hydrogens is 1720 g/mol. The molecule has 21 rings (SSSR count). The smallest absolute Gasteiger partial charge is 0.135 e. The summed E-state index contributed by atoms with van der Waals surface area (Å²) in [7, 11) is 10.7. The number of anilines is 10. The minimum Gasteiger partial charge on any atom is -0.456 e. The van der Waals surface area contributed by atoms with E-state index in [1.54, 1.807) is 0 Å². The molecule has 142 heavy (non-hydrogen) atoms. The van der Waals surface area contributed by atoms with Crippen molar-refractivity contribution in [1.82, 2.24) is 0 Å². The van der Waals surface area contributed by atoms with E-state index in [1.807, 2.05) is 232 Å². The molecule has 15 aromatic carbocycles. The van der Waals surface area contributed by atoms with Gasteiger partial charge in [0.1, 0.15) is 11.2 Å². The van der Waals surface area contributed by atoms with Crippen molar-refractivity contribution in [3.63, 3.8) is 0 Å². The van der Waals surface area contributed by atoms with Crippen molar-refractivity contribution in [1.29, 1.82) is 0 Å². The molecule has 0 fully saturated rings. The quantitative estimate of drug-likeness (QED) is 0.150. The van der Waals surface area contributed by atoms with Gasteiger partial charge in [0, 0.05) is 131 Å². The lowest BCUT2D eigenvalue weighted by Gasteiger charge is -2.23. The fourth-order valence-corrected chi connectivity index (χ4v) is 16.5. The highest BCUT2D eigenvalue weighted by Gasteiger charge is 2.27. The highest BCUT2D eigenvalue weighted by Crippen LogP contribution is 2.52. The summed E-state index contributed by atoms with van der Waals surface area (Å²) in [5.74, 6) is 0. The summed E-state index contributed by atoms with van der Waals surface area (Å²) >= 11 is 0. The normalized spacial score (nSPS) is 10.2. The Morgan fingerprint density at radius 3 is 0.915 bits per heavy atom. The van der Waals surface area contributed by atoms with Crippen molar-refractivity contribution in [2.45, 2.75) is 257 Å². The number of aryl methyl sites for hydroxylation is 6. The standard InChI is InChI=1S/3C20H17N.2C16H15N.C13H10O.15C2H6.CH4/c1-14-8-7-11-16-15-9-3-5-12-18(15)21(2)19-13-6-4-10-17(19)20(14)16;1-14-8-7-12-18-16-10-4-3-9-15(16)17-11-5-6-13-19(17)21(2)20(14)18;1-14-11-12-20-18(13-14)16-8-4-3-7-15(16)17-9-5-6-10-19(17)21(20)2;1-12-7-10-16-14(11-12)9-8-13-5-3-4-6-15(13)17(16)2;1-12-7-8-14-10-9-13-5-3-4-6-15(13)17(2)16(14)11-12;1-9-6-7-13-11(8-9)10-4-2-3-5-12(10)14-13;15*1-2;/h3*3-13H,1-2H3;2*3-11H,1-2H3;2-8H,1H3;15*1-2H3;1H4. The molecule has 0 saturated heterocycles. The Morgan fingerprint density at radius 2 is 0.444 bits per heavy atom. The highest BCUT2D eigenvalue weighted by atomic mass is 16.3. The van der Waals surface area contributed by atoms with Crippen molar-refractivity contribution >= 4 is 103 Å². The first-order valence-corrected chi connectivity index (χ1v) is 53.3. The minimum absolute atomic E-state index is 0. The second kappa shape index (κ2) is 71.9. The zero-order valence-corrected chi connectivity index (χ0v) is 95.1. The van der Waals surface area contributed by atoms with Crippen LogP contribution in [0, 0.1) is 41.5 Å². The Kier molecular flexibility index (Phi) is 65.1. The molecule has 0 saturated carbocycles. The first-order valence-electron chi connectivity index (χ1n) is 53.3. The number of furan rings is 1. The fourth-order valence-electron chi connectivity index (χ4n) is 16.5. The molecule has 0 unspecified atom stereocenters. The van der Waals surface area contributed by atoms with E-state index in [0.29, 0.717) is 0 Å². The largest absolute Gasteiger partial charge is 0.456 e. The maximum atomic E-state index is 5.71. The molecule has 6 heteroatoms. The molecule has 0 aliphatic carbocycles. The second-order valence-corrected chi connectivity index (χ2v) is 29.5. The summed E-state index contributed by atoms with van der Waals surface area (Å²) < 4.78 is 5.71. The van der Waals surface area contributed by atoms with Gasteiger partial charge in [-0.1, -0.05) is 499 Å². The number of hydrogen-bond acceptors (Lipinski definition) is 6. The van der Waals surface area contributed by atoms with Crippen LogP contribution < -0.4 is 24.5 Å². The molecule has 16 aromatic rings. The summed E-state index contributed by atoms with van der Waals surface area (Å²) in [5.41, 5.74) is 43.2. The number of nitrogens with zero attached hydrogens (tertiary/aromatic N) is 5. The zero-order valence-electron chi connectivity index (χ0n) is 95.1. The lowest BCUT2D eigenvalue weighted by atomic mass is 9.91. The molecule has 0 radical (unpaired) electrons. The van der Waals surface area contributed by atoms with Crippen molar-refractivity contribution < 1.29 is 4.42 Å². The van der Waals surface area contributed by atoms with Crippen molar-refractivity contribution in [3.05, 3.63) is 383 Å². The Balaban J connectivity index is 0.00000159. The van der Waals surface area contributed by atoms with E-state index in [1.165, 1.54) is 190 Å². The molecule has 0 N–H and O–H groups in total. The second-order valence-electron chi connectivity index (χ2n) is 29.5. The third-order valence-electron chi connectivity index (χ3n) is 22.1. The van der Waals surface area contributed by atoms with Crippen LogP contribution in [0.25, 0.3) is 113 Å². The number of benzene rings is 15. The minimum atomic E-state index is 0. The van der Waals surface area contributed by atoms with Crippen LogP contribution >= 0.6 is 0 Å². The maximum absolute atomic E-state index is 5.71. The van der Waals surface area contributed by atoms with Crippen LogP contribution in [0.15, 0.2) is 332 Å². The number of fused-ring (bicyclic) bond motifs is 22. The fraction of sp³-hybridized carbons (Fsp3) is 0.309. The van der Waals surface area contributed by atoms with Gasteiger partial charge in [0.15, 0.2) is 0 Å². The molecule has 0 spiro atoms. The van der Waals surface area contributed by atoms with E-state index in [2.05, 4.69) is 429 Å². The molecule has 0 atom stereocenters. The summed E-state index contributed by atoms with van der Waals surface area (Å²) in [5, 5.41) is 2.41. The molecule has 1 aromatic heterocycles. The van der Waals surface area contributed by atoms with Gasteiger partial charge in [0.05, 0.1) is 5.69 Å². The van der Waals surface area contributed by atoms with Gasteiger partial charge in [-0.2, -0.15) is 0 Å². The molecule has 6 nitrogen and oxygen atoms in total. The van der Waals surface area contributed by atoms with Crippen LogP contribution in [0.4, 0.5) is 56.9 Å². The first-order chi connectivity index (χ1) is 69.1. The first kappa shape index (κ1) is 129. The van der Waals surface area contributed by atoms with Gasteiger partial charge >= 0.3 is 0 Å². The molecule has 5 aliphatic heterocycles. The van der Waals surface area contributed by atoms with Gasteiger partial charge in [-0.15, -0.1) is 0 Å². The Hall–Kier alpha value is -13.4. The lowest BCUT2D eigenvalue weighted by Crippen LogP contribution is -2.11. The summed E-state index contributed by atoms with van der Waals surface area (Å²) in [6, 6.07) is 116. The summed E-state index contributed by atoms with van der Waals surface area (Å²) in [4.78, 5) is 11.4. The van der Waals surface area contributed by atoms with E-state index in [0.717, 1.165) is 11.2 Å². The number of para-hydroxylation sites is 8. The average Bonchev–Trinajstić information content (AvgIpc) is 1.62. The van der Waals surface area contributed by atoms with Crippen molar-refractivity contribution in [2.75, 3.05) is 59.7 Å². The predicted molar refractivity (Wildman–Crippen MR) is 655 cm³/mol. The van der Waals surface area contributed by atoms with Crippen LogP contribution in [0.5, 0.6) is 0 Å². The van der Waals surface area contributed by atoms with Gasteiger partial charge in [-0.05, 0) is 199 Å². The van der Waals surface area contributed by atoms with E-state index in [-0.39, 0.29) is 7.43 Å². The summed E-state index contributed by atoms with van der Waals surface area (Å²) in [6.07, 6.45) is 8.77. The van der Waals surface area contributed by atoms with Crippen LogP contribution in [-0.4, -0.2) is 35.2 Å². The monoisotopic (exact) mass is 1900 g/mol. The molecular formula is C136H185N5O. The average molecular weight is 1910 g/mol. The van der Waals surface area contributed by atoms with Gasteiger partial charge in [0.2, 0.25) is 0 Å². The number of rotatable bonds is 0. The Morgan fingerprint density at radius 1 is 0.169 bits per heavy atom. The molecule has 6 heterocycles. The Bertz CT molecular complexity index is 6210. The SMILES string of the molecule is C.CC.CC.CC.CC.CC.CC.CC.CC.CC.CC.CC.CC.CC.CC.CC.Cc1ccc2c(c1)-c1ccccc1-c1ccccc1N2C.Cc1ccc2c(c1)C=Cc1ccccc1N2C.Cc1ccc2c(c1)N(C)c1ccccc1C=C2.Cc1ccc2oc3ccccc3c2c1.Cc1cccc2c1-c1ccccc1N(C)c1ccccc1-2.Cc1cccc2c1N(C)c1ccccc1-c1ccccc1-2. The van der Waals surface area contributed by atoms with Crippen LogP contribution in [-0.2, 0) is 0 Å². The van der Waals surface area contributed by atoms with Gasteiger partial charge in [-0.3, -0.25) is 0 Å². The van der Waals surface area contributed by atoms with Crippen LogP contribution in [0.2, 0.25) is 0 Å². The topological polar surface area (TPSA) is 29.3 Å². The van der Waals surface area contributed by atoms with Crippen LogP contribution in [0.1, 0.15) is 271 Å². The van der Waals surface area contributed by atoms with Crippen molar-refractivity contribution in [2.24, 2.45) is 0 Å². The molecule has 0 bridgehead atoms. The van der Waals surface area contributed by atoms with Gasteiger partial charge in [0.25, 0.3) is 0 Å². The third kappa shape index (κ3) is 32.6. The number of hydrogen-bond donors (Lipinski definition) is 0. The van der Waals surface area contributed by atoms with Crippen molar-refractivity contribution in [3.8, 4) is 66.8 Å². The molecule has 5 aliphatic rings. The Labute approximate surface area is 868 Å². The van der Waals surface area contributed by atoms with E-state index in [9.17, 15) is 0 Å². The highest BCUT2D eigenvalue weighted by molar-refractivity contribution is 6.06. The van der Waals surface area contributed by atoms with Crippen LogP contribution in [0.3, 0.4) is 0 Å². The van der Waals surface area contributed by atoms with Gasteiger partial charge in [-0.25, -0.2) is 0 Å². The molecule has 760 valence electrons. The van der Waals surface area contributed by atoms with E-state index in [4.69, 9.17) is 4.42 Å². The lowest BCUT2D eigenvalue weighted by molar-refractivity contribution is 0.669. The molecule has 0 amide bonds. The van der Waals surface area contributed by atoms with E-state index >= 15 is 0 Å².